The second-order valence-electron chi connectivity index (χ2n) is 6.19. The van der Waals surface area contributed by atoms with E-state index in [-0.39, 0.29) is 16.4 Å². The molecule has 1 aromatic heterocycles. The number of hydrogen-bond acceptors (Lipinski definition) is 6. The fourth-order valence-electron chi connectivity index (χ4n) is 2.22. The minimum absolute atomic E-state index is 0.0109. The van der Waals surface area contributed by atoms with Gasteiger partial charge in [-0.1, -0.05) is 47.2 Å². The van der Waals surface area contributed by atoms with Gasteiger partial charge >= 0.3 is 0 Å². The van der Waals surface area contributed by atoms with Crippen LogP contribution in [-0.4, -0.2) is 24.5 Å². The van der Waals surface area contributed by atoms with Crippen molar-refractivity contribution in [3.05, 3.63) is 63.6 Å². The number of halogens is 1. The van der Waals surface area contributed by atoms with Gasteiger partial charge < -0.3 is 0 Å². The fraction of sp³-hybridized carbons (Fsp3) is 0.167. The van der Waals surface area contributed by atoms with Crippen LogP contribution in [0.5, 0.6) is 0 Å². The van der Waals surface area contributed by atoms with Gasteiger partial charge in [0.15, 0.2) is 0 Å². The van der Waals surface area contributed by atoms with Gasteiger partial charge in [0.2, 0.25) is 5.13 Å². The van der Waals surface area contributed by atoms with Crippen molar-refractivity contribution < 1.29 is 13.2 Å². The van der Waals surface area contributed by atoms with Crippen LogP contribution in [0.4, 0.5) is 10.8 Å². The number of rotatable bonds is 6. The van der Waals surface area contributed by atoms with E-state index in [1.54, 1.807) is 30.3 Å². The molecular formula is C18H17BrN4O3S2. The highest BCUT2D eigenvalue weighted by atomic mass is 79.9. The monoisotopic (exact) mass is 480 g/mol. The van der Waals surface area contributed by atoms with Crippen molar-refractivity contribution in [2.24, 2.45) is 0 Å². The van der Waals surface area contributed by atoms with Gasteiger partial charge in [-0.15, -0.1) is 10.2 Å². The Labute approximate surface area is 175 Å². The molecule has 0 saturated heterocycles. The highest BCUT2D eigenvalue weighted by molar-refractivity contribution is 9.10. The number of amides is 1. The molecule has 28 heavy (non-hydrogen) atoms. The predicted molar refractivity (Wildman–Crippen MR) is 113 cm³/mol. The Balaban J connectivity index is 1.78. The smallest absolute Gasteiger partial charge is 0.261 e. The summed E-state index contributed by atoms with van der Waals surface area (Å²) in [5.41, 5.74) is 0.633. The van der Waals surface area contributed by atoms with E-state index in [1.165, 1.54) is 29.5 Å². The number of carbonyl (C=O) groups excluding carboxylic acids is 1. The van der Waals surface area contributed by atoms with Crippen molar-refractivity contribution in [1.29, 1.82) is 0 Å². The van der Waals surface area contributed by atoms with E-state index in [4.69, 9.17) is 0 Å². The number of hydrogen-bond donors (Lipinski definition) is 2. The molecule has 0 aliphatic heterocycles. The van der Waals surface area contributed by atoms with Crippen LogP contribution in [0.25, 0.3) is 0 Å². The molecule has 2 aromatic carbocycles. The number of anilines is 2. The van der Waals surface area contributed by atoms with Gasteiger partial charge in [0.05, 0.1) is 4.90 Å². The standard InChI is InChI=1S/C18H17BrN4O3S2/c1-11(2)17-21-22-18(27-17)20-16(24)12-4-3-5-15(10-12)28(25,26)23-14-8-6-13(19)7-9-14/h3-11,23H,1-2H3,(H,20,22,24). The van der Waals surface area contributed by atoms with Gasteiger partial charge in [-0.3, -0.25) is 14.8 Å². The summed E-state index contributed by atoms with van der Waals surface area (Å²) < 4.78 is 28.6. The molecule has 0 saturated carbocycles. The topological polar surface area (TPSA) is 101 Å². The van der Waals surface area contributed by atoms with Crippen LogP contribution in [0.3, 0.4) is 0 Å². The van der Waals surface area contributed by atoms with Crippen molar-refractivity contribution in [3.8, 4) is 0 Å². The molecular weight excluding hydrogens is 464 g/mol. The first-order chi connectivity index (χ1) is 13.2. The Morgan fingerprint density at radius 2 is 1.82 bits per heavy atom. The van der Waals surface area contributed by atoms with E-state index in [0.717, 1.165) is 9.48 Å². The SMILES string of the molecule is CC(C)c1nnc(NC(=O)c2cccc(S(=O)(=O)Nc3ccc(Br)cc3)c2)s1. The van der Waals surface area contributed by atoms with E-state index in [0.29, 0.717) is 10.8 Å². The lowest BCUT2D eigenvalue weighted by atomic mass is 10.2. The van der Waals surface area contributed by atoms with Crippen LogP contribution in [0.2, 0.25) is 0 Å². The van der Waals surface area contributed by atoms with Gasteiger partial charge in [0, 0.05) is 21.6 Å². The Bertz CT molecular complexity index is 1100. The van der Waals surface area contributed by atoms with E-state index in [2.05, 4.69) is 36.2 Å². The zero-order valence-electron chi connectivity index (χ0n) is 15.0. The number of sulfonamides is 1. The first-order valence-electron chi connectivity index (χ1n) is 8.28. The Kier molecular flexibility index (Phi) is 6.11. The molecule has 0 unspecified atom stereocenters. The average molecular weight is 481 g/mol. The lowest BCUT2D eigenvalue weighted by Gasteiger charge is -2.09. The van der Waals surface area contributed by atoms with Crippen LogP contribution in [-0.2, 0) is 10.0 Å². The number of benzene rings is 2. The van der Waals surface area contributed by atoms with Crippen LogP contribution in [0.1, 0.15) is 35.1 Å². The minimum atomic E-state index is -3.83. The number of carbonyl (C=O) groups is 1. The van der Waals surface area contributed by atoms with E-state index >= 15 is 0 Å². The normalized spacial score (nSPS) is 11.4. The van der Waals surface area contributed by atoms with Crippen molar-refractivity contribution in [3.63, 3.8) is 0 Å². The highest BCUT2D eigenvalue weighted by Gasteiger charge is 2.18. The summed E-state index contributed by atoms with van der Waals surface area (Å²) >= 11 is 4.59. The molecule has 3 rings (SSSR count). The zero-order chi connectivity index (χ0) is 20.3. The molecule has 0 radical (unpaired) electrons. The summed E-state index contributed by atoms with van der Waals surface area (Å²) in [5, 5.41) is 11.8. The Hall–Kier alpha value is -2.30. The molecule has 3 aromatic rings. The Morgan fingerprint density at radius 1 is 1.11 bits per heavy atom. The number of nitrogens with zero attached hydrogens (tertiary/aromatic N) is 2. The molecule has 0 aliphatic carbocycles. The molecule has 2 N–H and O–H groups in total. The van der Waals surface area contributed by atoms with Crippen molar-refractivity contribution >= 4 is 54.0 Å². The van der Waals surface area contributed by atoms with Gasteiger partial charge in [-0.25, -0.2) is 8.42 Å². The van der Waals surface area contributed by atoms with Gasteiger partial charge in [-0.2, -0.15) is 0 Å². The third-order valence-corrected chi connectivity index (χ3v) is 6.70. The maximum atomic E-state index is 12.6. The summed E-state index contributed by atoms with van der Waals surface area (Å²) in [7, 11) is -3.83. The molecule has 0 aliphatic rings. The molecule has 0 fully saturated rings. The third kappa shape index (κ3) is 4.94. The molecule has 1 amide bonds. The summed E-state index contributed by atoms with van der Waals surface area (Å²) in [6.07, 6.45) is 0. The maximum Gasteiger partial charge on any atom is 0.261 e. The molecule has 1 heterocycles. The fourth-order valence-corrected chi connectivity index (χ4v) is 4.33. The summed E-state index contributed by atoms with van der Waals surface area (Å²) in [6.45, 7) is 3.97. The quantitative estimate of drug-likeness (QED) is 0.541. The van der Waals surface area contributed by atoms with Gasteiger partial charge in [-0.05, 0) is 42.5 Å². The molecule has 0 spiro atoms. The average Bonchev–Trinajstić information content (AvgIpc) is 3.12. The van der Waals surface area contributed by atoms with E-state index < -0.39 is 15.9 Å². The van der Waals surface area contributed by atoms with Crippen molar-refractivity contribution in [2.45, 2.75) is 24.7 Å². The van der Waals surface area contributed by atoms with Crippen LogP contribution >= 0.6 is 27.3 Å². The number of nitrogens with one attached hydrogen (secondary N) is 2. The Morgan fingerprint density at radius 3 is 2.46 bits per heavy atom. The molecule has 146 valence electrons. The first-order valence-corrected chi connectivity index (χ1v) is 11.4. The molecule has 10 heteroatoms. The van der Waals surface area contributed by atoms with E-state index in [1.807, 2.05) is 13.8 Å². The van der Waals surface area contributed by atoms with Gasteiger partial charge in [0.1, 0.15) is 5.01 Å². The summed E-state index contributed by atoms with van der Waals surface area (Å²) in [4.78, 5) is 12.5. The number of aromatic nitrogens is 2. The molecule has 0 atom stereocenters. The van der Waals surface area contributed by atoms with Gasteiger partial charge in [0.25, 0.3) is 15.9 Å². The zero-order valence-corrected chi connectivity index (χ0v) is 18.2. The van der Waals surface area contributed by atoms with E-state index in [9.17, 15) is 13.2 Å². The van der Waals surface area contributed by atoms with Crippen molar-refractivity contribution in [2.75, 3.05) is 10.0 Å². The second-order valence-corrected chi connectivity index (χ2v) is 9.80. The van der Waals surface area contributed by atoms with Crippen LogP contribution in [0.15, 0.2) is 57.9 Å². The van der Waals surface area contributed by atoms with Crippen LogP contribution in [0, 0.1) is 0 Å². The molecule has 0 bridgehead atoms. The summed E-state index contributed by atoms with van der Waals surface area (Å²) in [5.74, 6) is -0.242. The highest BCUT2D eigenvalue weighted by Crippen LogP contribution is 2.23. The lowest BCUT2D eigenvalue weighted by Crippen LogP contribution is -2.16. The molecule has 7 nitrogen and oxygen atoms in total. The first kappa shape index (κ1) is 20.4. The van der Waals surface area contributed by atoms with Crippen LogP contribution < -0.4 is 10.0 Å². The maximum absolute atomic E-state index is 12.6. The predicted octanol–water partition coefficient (Wildman–Crippen LogP) is 4.48. The second kappa shape index (κ2) is 8.38. The minimum Gasteiger partial charge on any atom is -0.296 e. The largest absolute Gasteiger partial charge is 0.296 e. The summed E-state index contributed by atoms with van der Waals surface area (Å²) in [6, 6.07) is 12.5. The lowest BCUT2D eigenvalue weighted by molar-refractivity contribution is 0.102. The third-order valence-electron chi connectivity index (χ3n) is 3.66. The van der Waals surface area contributed by atoms with Crippen molar-refractivity contribution in [1.82, 2.24) is 10.2 Å².